The molecule has 88 valence electrons. The fraction of sp³-hybridized carbons (Fsp3) is 0.357. The lowest BCUT2D eigenvalue weighted by atomic mass is 9.94. The average molecular weight is 228 g/mol. The summed E-state index contributed by atoms with van der Waals surface area (Å²) in [5.74, 6) is 0.118. The number of likely N-dealkylation sites (N-methyl/N-ethyl adjacent to an activating group) is 1. The standard InChI is InChI=1S/C14H16N2O/c1-16-7-6-13-12(9-16)11-5-3-2-4-10(11)8-14(17)15-13/h2-5H,6-9H2,1H3,(H,15,17). The van der Waals surface area contributed by atoms with E-state index >= 15 is 0 Å². The normalized spacial score (nSPS) is 20.4. The molecule has 0 bridgehead atoms. The van der Waals surface area contributed by atoms with E-state index in [0.717, 1.165) is 30.8 Å². The van der Waals surface area contributed by atoms with Gasteiger partial charge in [-0.05, 0) is 23.7 Å². The van der Waals surface area contributed by atoms with Crippen LogP contribution in [0.1, 0.15) is 17.5 Å². The molecule has 2 aliphatic heterocycles. The third kappa shape index (κ3) is 1.87. The van der Waals surface area contributed by atoms with Gasteiger partial charge in [0, 0.05) is 25.2 Å². The van der Waals surface area contributed by atoms with E-state index in [1.54, 1.807) is 0 Å². The van der Waals surface area contributed by atoms with Crippen molar-refractivity contribution in [3.05, 3.63) is 41.1 Å². The SMILES string of the molecule is CN1CCC2=C(C1)c1ccccc1CC(=O)N2. The van der Waals surface area contributed by atoms with E-state index in [-0.39, 0.29) is 5.91 Å². The van der Waals surface area contributed by atoms with Crippen molar-refractivity contribution < 1.29 is 4.79 Å². The summed E-state index contributed by atoms with van der Waals surface area (Å²) >= 11 is 0. The van der Waals surface area contributed by atoms with Crippen molar-refractivity contribution in [1.29, 1.82) is 0 Å². The highest BCUT2D eigenvalue weighted by Crippen LogP contribution is 2.29. The minimum absolute atomic E-state index is 0.118. The number of benzene rings is 1. The Morgan fingerprint density at radius 1 is 1.29 bits per heavy atom. The van der Waals surface area contributed by atoms with Crippen LogP contribution in [0.15, 0.2) is 30.0 Å². The fourth-order valence-corrected chi connectivity index (χ4v) is 2.64. The molecular weight excluding hydrogens is 212 g/mol. The second-order valence-corrected chi connectivity index (χ2v) is 4.83. The summed E-state index contributed by atoms with van der Waals surface area (Å²) in [4.78, 5) is 14.1. The van der Waals surface area contributed by atoms with E-state index in [2.05, 4.69) is 29.4 Å². The Kier molecular flexibility index (Phi) is 2.48. The molecule has 0 aromatic heterocycles. The van der Waals surface area contributed by atoms with Gasteiger partial charge in [0.25, 0.3) is 0 Å². The van der Waals surface area contributed by atoms with Crippen LogP contribution < -0.4 is 5.32 Å². The molecule has 1 amide bonds. The summed E-state index contributed by atoms with van der Waals surface area (Å²) in [6.07, 6.45) is 1.43. The Labute approximate surface area is 101 Å². The van der Waals surface area contributed by atoms with Gasteiger partial charge in [0.05, 0.1) is 6.42 Å². The van der Waals surface area contributed by atoms with Crippen LogP contribution in [-0.2, 0) is 11.2 Å². The number of hydrogen-bond donors (Lipinski definition) is 1. The van der Waals surface area contributed by atoms with Crippen LogP contribution in [0, 0.1) is 0 Å². The monoisotopic (exact) mass is 228 g/mol. The molecule has 0 unspecified atom stereocenters. The number of rotatable bonds is 0. The topological polar surface area (TPSA) is 32.3 Å². The molecule has 1 aromatic rings. The van der Waals surface area contributed by atoms with Gasteiger partial charge in [-0.2, -0.15) is 0 Å². The van der Waals surface area contributed by atoms with Gasteiger partial charge in [-0.15, -0.1) is 0 Å². The summed E-state index contributed by atoms with van der Waals surface area (Å²) in [6, 6.07) is 8.24. The third-order valence-electron chi connectivity index (χ3n) is 3.52. The Balaban J connectivity index is 2.14. The van der Waals surface area contributed by atoms with Crippen molar-refractivity contribution in [2.75, 3.05) is 20.1 Å². The Morgan fingerprint density at radius 2 is 2.12 bits per heavy atom. The first kappa shape index (κ1) is 10.5. The second-order valence-electron chi connectivity index (χ2n) is 4.83. The van der Waals surface area contributed by atoms with E-state index in [1.807, 2.05) is 12.1 Å². The van der Waals surface area contributed by atoms with Crippen molar-refractivity contribution in [3.63, 3.8) is 0 Å². The Bertz CT molecular complexity index is 505. The van der Waals surface area contributed by atoms with Gasteiger partial charge in [-0.3, -0.25) is 4.79 Å². The summed E-state index contributed by atoms with van der Waals surface area (Å²) in [6.45, 7) is 1.94. The van der Waals surface area contributed by atoms with E-state index < -0.39 is 0 Å². The summed E-state index contributed by atoms with van der Waals surface area (Å²) < 4.78 is 0. The van der Waals surface area contributed by atoms with Gasteiger partial charge >= 0.3 is 0 Å². The molecule has 3 nitrogen and oxygen atoms in total. The molecule has 0 aliphatic carbocycles. The van der Waals surface area contributed by atoms with Crippen molar-refractivity contribution in [2.45, 2.75) is 12.8 Å². The molecule has 0 radical (unpaired) electrons. The molecule has 0 fully saturated rings. The first-order valence-corrected chi connectivity index (χ1v) is 6.03. The molecule has 17 heavy (non-hydrogen) atoms. The summed E-state index contributed by atoms with van der Waals surface area (Å²) in [7, 11) is 2.12. The zero-order chi connectivity index (χ0) is 11.8. The van der Waals surface area contributed by atoms with Gasteiger partial charge in [0.15, 0.2) is 0 Å². The molecule has 2 heterocycles. The zero-order valence-corrected chi connectivity index (χ0v) is 9.99. The van der Waals surface area contributed by atoms with Gasteiger partial charge < -0.3 is 10.2 Å². The van der Waals surface area contributed by atoms with Crippen LogP contribution in [0.3, 0.4) is 0 Å². The smallest absolute Gasteiger partial charge is 0.228 e. The highest BCUT2D eigenvalue weighted by Gasteiger charge is 2.24. The van der Waals surface area contributed by atoms with Crippen molar-refractivity contribution in [2.24, 2.45) is 0 Å². The highest BCUT2D eigenvalue weighted by molar-refractivity contribution is 5.88. The number of nitrogens with one attached hydrogen (secondary N) is 1. The van der Waals surface area contributed by atoms with Crippen molar-refractivity contribution in [1.82, 2.24) is 10.2 Å². The maximum absolute atomic E-state index is 11.8. The third-order valence-corrected chi connectivity index (χ3v) is 3.52. The number of hydrogen-bond acceptors (Lipinski definition) is 2. The Morgan fingerprint density at radius 3 is 3.00 bits per heavy atom. The maximum Gasteiger partial charge on any atom is 0.228 e. The summed E-state index contributed by atoms with van der Waals surface area (Å²) in [5.41, 5.74) is 4.80. The zero-order valence-electron chi connectivity index (χ0n) is 9.99. The van der Waals surface area contributed by atoms with Gasteiger partial charge in [-0.25, -0.2) is 0 Å². The van der Waals surface area contributed by atoms with Crippen molar-refractivity contribution in [3.8, 4) is 0 Å². The molecule has 0 atom stereocenters. The van der Waals surface area contributed by atoms with E-state index in [0.29, 0.717) is 6.42 Å². The minimum atomic E-state index is 0.118. The second kappa shape index (κ2) is 4.00. The van der Waals surface area contributed by atoms with Gasteiger partial charge in [0.2, 0.25) is 5.91 Å². The molecule has 1 N–H and O–H groups in total. The van der Waals surface area contributed by atoms with Crippen LogP contribution in [0.2, 0.25) is 0 Å². The molecule has 1 aromatic carbocycles. The number of carbonyl (C=O) groups is 1. The molecule has 0 saturated carbocycles. The van der Waals surface area contributed by atoms with Crippen LogP contribution in [0.4, 0.5) is 0 Å². The number of carbonyl (C=O) groups excluding carboxylic acids is 1. The largest absolute Gasteiger partial charge is 0.329 e. The molecular formula is C14H16N2O. The minimum Gasteiger partial charge on any atom is -0.329 e. The predicted molar refractivity (Wildman–Crippen MR) is 67.3 cm³/mol. The number of fused-ring (bicyclic) bond motifs is 2. The molecule has 3 rings (SSSR count). The van der Waals surface area contributed by atoms with Gasteiger partial charge in [0.1, 0.15) is 0 Å². The lowest BCUT2D eigenvalue weighted by Crippen LogP contribution is -2.32. The van der Waals surface area contributed by atoms with Crippen LogP contribution in [0.25, 0.3) is 5.57 Å². The maximum atomic E-state index is 11.8. The fourth-order valence-electron chi connectivity index (χ4n) is 2.64. The average Bonchev–Trinajstić information content (AvgIpc) is 2.45. The first-order valence-electron chi connectivity index (χ1n) is 6.03. The van der Waals surface area contributed by atoms with Gasteiger partial charge in [-0.1, -0.05) is 24.3 Å². The predicted octanol–water partition coefficient (Wildman–Crippen LogP) is 1.41. The molecule has 2 aliphatic rings. The van der Waals surface area contributed by atoms with Crippen LogP contribution in [-0.4, -0.2) is 30.9 Å². The highest BCUT2D eigenvalue weighted by atomic mass is 16.1. The first-order chi connectivity index (χ1) is 8.24. The number of nitrogens with zero attached hydrogens (tertiary/aromatic N) is 1. The summed E-state index contributed by atoms with van der Waals surface area (Å²) in [5, 5.41) is 3.06. The van der Waals surface area contributed by atoms with Crippen LogP contribution >= 0.6 is 0 Å². The molecule has 0 spiro atoms. The van der Waals surface area contributed by atoms with E-state index in [4.69, 9.17) is 0 Å². The Hall–Kier alpha value is -1.61. The quantitative estimate of drug-likeness (QED) is 0.728. The lowest BCUT2D eigenvalue weighted by Gasteiger charge is -2.27. The van der Waals surface area contributed by atoms with E-state index in [1.165, 1.54) is 11.1 Å². The molecule has 0 saturated heterocycles. The number of amides is 1. The lowest BCUT2D eigenvalue weighted by molar-refractivity contribution is -0.119. The molecule has 3 heteroatoms. The van der Waals surface area contributed by atoms with E-state index in [9.17, 15) is 4.79 Å². The van der Waals surface area contributed by atoms with Crippen molar-refractivity contribution >= 4 is 11.5 Å². The van der Waals surface area contributed by atoms with Crippen LogP contribution in [0.5, 0.6) is 0 Å².